The smallest absolute Gasteiger partial charge is 0.205 e. The van der Waals surface area contributed by atoms with Crippen molar-refractivity contribution in [3.8, 4) is 62.5 Å². The van der Waals surface area contributed by atoms with Crippen molar-refractivity contribution in [2.75, 3.05) is 0 Å². The minimum Gasteiger partial charge on any atom is -0.504 e. The fraction of sp³-hybridized carbons (Fsp3) is 0. The summed E-state index contributed by atoms with van der Waals surface area (Å²) >= 11 is 0. The van der Waals surface area contributed by atoms with E-state index < -0.39 is 45.6 Å². The molecule has 0 fully saturated rings. The molecule has 7 N–H and O–H groups in total. The Bertz CT molecular complexity index is 2170. The van der Waals surface area contributed by atoms with Gasteiger partial charge in [0.2, 0.25) is 17.2 Å². The molecule has 7 nitrogen and oxygen atoms in total. The van der Waals surface area contributed by atoms with E-state index in [1.165, 1.54) is 0 Å². The fourth-order valence-electron chi connectivity index (χ4n) is 5.94. The van der Waals surface area contributed by atoms with Crippen LogP contribution in [0.2, 0.25) is 0 Å². The number of fused-ring (bicyclic) bond motifs is 4. The van der Waals surface area contributed by atoms with E-state index in [4.69, 9.17) is 0 Å². The number of hydrogen-bond donors (Lipinski definition) is 7. The molecule has 7 rings (SSSR count). The number of benzene rings is 7. The highest BCUT2D eigenvalue weighted by molar-refractivity contribution is 6.26. The second-order valence-electron chi connectivity index (χ2n) is 9.97. The van der Waals surface area contributed by atoms with Crippen LogP contribution in [0.3, 0.4) is 0 Å². The zero-order chi connectivity index (χ0) is 28.6. The van der Waals surface area contributed by atoms with E-state index in [0.29, 0.717) is 16.3 Å². The molecule has 0 heterocycles. The normalized spacial score (nSPS) is 11.6. The van der Waals surface area contributed by atoms with E-state index in [2.05, 4.69) is 12.1 Å². The van der Waals surface area contributed by atoms with Crippen molar-refractivity contribution in [3.05, 3.63) is 91.0 Å². The van der Waals surface area contributed by atoms with Gasteiger partial charge in [-0.25, -0.2) is 0 Å². The summed E-state index contributed by atoms with van der Waals surface area (Å²) in [6.07, 6.45) is 0. The van der Waals surface area contributed by atoms with Crippen LogP contribution in [0.25, 0.3) is 65.3 Å². The molecule has 0 aromatic heterocycles. The Hall–Kier alpha value is -5.82. The molecule has 0 atom stereocenters. The lowest BCUT2D eigenvalue weighted by Crippen LogP contribution is -1.93. The van der Waals surface area contributed by atoms with Crippen LogP contribution in [-0.2, 0) is 0 Å². The average Bonchev–Trinajstić information content (AvgIpc) is 3.00. The van der Waals surface area contributed by atoms with Gasteiger partial charge >= 0.3 is 0 Å². The van der Waals surface area contributed by atoms with Gasteiger partial charge in [-0.1, -0.05) is 84.9 Å². The number of hydrogen-bond acceptors (Lipinski definition) is 7. The largest absolute Gasteiger partial charge is 0.504 e. The Labute approximate surface area is 232 Å². The molecule has 7 heteroatoms. The predicted octanol–water partition coefficient (Wildman–Crippen LogP) is 7.57. The molecule has 200 valence electrons. The zero-order valence-electron chi connectivity index (χ0n) is 21.3. The van der Waals surface area contributed by atoms with Gasteiger partial charge in [-0.05, 0) is 49.5 Å². The molecule has 0 bridgehead atoms. The fourth-order valence-corrected chi connectivity index (χ4v) is 5.94. The SMILES string of the molecule is Oc1c(O)c(O)c2c(-c3c4ccccc4c(-c4ccc5ccccc5c4)c4ccccc34)c(O)c(O)c(O)c2c1O. The van der Waals surface area contributed by atoms with Gasteiger partial charge in [0.05, 0.1) is 5.39 Å². The zero-order valence-corrected chi connectivity index (χ0v) is 21.3. The standard InChI is InChI=1S/C34H22O7/c35-28-25(26-27(30(37)32(28)39)31(38)34(41)33(40)29(26)36)24-21-11-5-3-9-19(21)23(20-10-4-6-12-22(20)24)18-14-13-16-7-1-2-8-17(16)15-18/h1-15,35-41H. The molecule has 0 aliphatic carbocycles. The van der Waals surface area contributed by atoms with E-state index in [0.717, 1.165) is 32.7 Å². The summed E-state index contributed by atoms with van der Waals surface area (Å²) < 4.78 is 0. The van der Waals surface area contributed by atoms with E-state index in [9.17, 15) is 35.7 Å². The molecule has 0 aliphatic heterocycles. The highest BCUT2D eigenvalue weighted by atomic mass is 16.3. The Balaban J connectivity index is 1.72. The maximum absolute atomic E-state index is 11.3. The molecule has 7 aromatic carbocycles. The van der Waals surface area contributed by atoms with Crippen LogP contribution in [0.4, 0.5) is 0 Å². The lowest BCUT2D eigenvalue weighted by atomic mass is 9.83. The number of rotatable bonds is 2. The van der Waals surface area contributed by atoms with Crippen molar-refractivity contribution in [1.29, 1.82) is 0 Å². The lowest BCUT2D eigenvalue weighted by molar-refractivity contribution is 0.347. The summed E-state index contributed by atoms with van der Waals surface area (Å²) in [4.78, 5) is 0. The van der Waals surface area contributed by atoms with Crippen LogP contribution < -0.4 is 0 Å². The summed E-state index contributed by atoms with van der Waals surface area (Å²) in [7, 11) is 0. The molecule has 0 spiro atoms. The van der Waals surface area contributed by atoms with Crippen LogP contribution in [-0.4, -0.2) is 35.7 Å². The van der Waals surface area contributed by atoms with Crippen molar-refractivity contribution >= 4 is 43.1 Å². The molecule has 0 aliphatic rings. The topological polar surface area (TPSA) is 142 Å². The third kappa shape index (κ3) is 3.26. The molecule has 0 radical (unpaired) electrons. The van der Waals surface area contributed by atoms with E-state index in [1.54, 1.807) is 0 Å². The highest BCUT2D eigenvalue weighted by Crippen LogP contribution is 2.61. The van der Waals surface area contributed by atoms with Gasteiger partial charge in [-0.2, -0.15) is 0 Å². The van der Waals surface area contributed by atoms with Gasteiger partial charge in [-0.3, -0.25) is 0 Å². The minimum absolute atomic E-state index is 0.143. The third-order valence-corrected chi connectivity index (χ3v) is 7.79. The van der Waals surface area contributed by atoms with Crippen LogP contribution in [0, 0.1) is 0 Å². The van der Waals surface area contributed by atoms with Crippen molar-refractivity contribution in [2.24, 2.45) is 0 Å². The Morgan fingerprint density at radius 1 is 0.317 bits per heavy atom. The quantitative estimate of drug-likeness (QED) is 0.0678. The van der Waals surface area contributed by atoms with Gasteiger partial charge < -0.3 is 35.7 Å². The maximum atomic E-state index is 11.3. The van der Waals surface area contributed by atoms with Crippen molar-refractivity contribution < 1.29 is 35.7 Å². The second kappa shape index (κ2) is 8.59. The first kappa shape index (κ1) is 24.2. The van der Waals surface area contributed by atoms with Crippen LogP contribution in [0.1, 0.15) is 0 Å². The summed E-state index contributed by atoms with van der Waals surface area (Å²) in [6, 6.07) is 29.1. The summed E-state index contributed by atoms with van der Waals surface area (Å²) in [6.45, 7) is 0. The number of aromatic hydroxyl groups is 7. The molecule has 0 unspecified atom stereocenters. The molecular formula is C34H22O7. The Kier molecular flexibility index (Phi) is 5.08. The summed E-state index contributed by atoms with van der Waals surface area (Å²) in [5.41, 5.74) is 2.10. The monoisotopic (exact) mass is 542 g/mol. The van der Waals surface area contributed by atoms with Crippen molar-refractivity contribution in [1.82, 2.24) is 0 Å². The molecule has 0 saturated carbocycles. The van der Waals surface area contributed by atoms with E-state index in [-0.39, 0.29) is 10.9 Å². The Morgan fingerprint density at radius 3 is 1.32 bits per heavy atom. The van der Waals surface area contributed by atoms with Gasteiger partial charge in [0.1, 0.15) is 0 Å². The van der Waals surface area contributed by atoms with Gasteiger partial charge in [0.15, 0.2) is 23.0 Å². The van der Waals surface area contributed by atoms with Crippen LogP contribution in [0.5, 0.6) is 40.2 Å². The highest BCUT2D eigenvalue weighted by Gasteiger charge is 2.31. The van der Waals surface area contributed by atoms with Crippen LogP contribution in [0.15, 0.2) is 91.0 Å². The van der Waals surface area contributed by atoms with E-state index >= 15 is 0 Å². The van der Waals surface area contributed by atoms with Gasteiger partial charge in [-0.15, -0.1) is 0 Å². The molecule has 0 saturated heterocycles. The first-order chi connectivity index (χ1) is 19.8. The predicted molar refractivity (Wildman–Crippen MR) is 159 cm³/mol. The van der Waals surface area contributed by atoms with Gasteiger partial charge in [0.25, 0.3) is 0 Å². The first-order valence-electron chi connectivity index (χ1n) is 12.8. The summed E-state index contributed by atoms with van der Waals surface area (Å²) in [5.74, 6) is -6.67. The van der Waals surface area contributed by atoms with E-state index in [1.807, 2.05) is 78.9 Å². The molecule has 7 aromatic rings. The van der Waals surface area contributed by atoms with Gasteiger partial charge in [0, 0.05) is 16.5 Å². The Morgan fingerprint density at radius 2 is 0.756 bits per heavy atom. The van der Waals surface area contributed by atoms with Crippen LogP contribution >= 0.6 is 0 Å². The minimum atomic E-state index is -1.08. The molecule has 41 heavy (non-hydrogen) atoms. The molecule has 0 amide bonds. The van der Waals surface area contributed by atoms with Crippen molar-refractivity contribution in [3.63, 3.8) is 0 Å². The second-order valence-corrected chi connectivity index (χ2v) is 9.97. The van der Waals surface area contributed by atoms with Crippen molar-refractivity contribution in [2.45, 2.75) is 0 Å². The lowest BCUT2D eigenvalue weighted by Gasteiger charge is -2.21. The maximum Gasteiger partial charge on any atom is 0.205 e. The number of phenolic OH excluding ortho intramolecular Hbond substituents is 7. The average molecular weight is 543 g/mol. The molecular weight excluding hydrogens is 520 g/mol. The number of phenols is 7. The third-order valence-electron chi connectivity index (χ3n) is 7.79. The first-order valence-corrected chi connectivity index (χ1v) is 12.8. The summed E-state index contributed by atoms with van der Waals surface area (Å²) in [5, 5.41) is 79.1.